The zero-order valence-electron chi connectivity index (χ0n) is 10.4. The molecule has 3 nitrogen and oxygen atoms in total. The number of hydrogen-bond donors (Lipinski definition) is 1. The summed E-state index contributed by atoms with van der Waals surface area (Å²) in [5.74, 6) is 0.851. The van der Waals surface area contributed by atoms with Crippen molar-refractivity contribution < 1.29 is 9.94 Å². The lowest BCUT2D eigenvalue weighted by Gasteiger charge is -2.06. The molecule has 0 spiro atoms. The van der Waals surface area contributed by atoms with Crippen LogP contribution in [0.5, 0.6) is 5.75 Å². The highest BCUT2D eigenvalue weighted by Gasteiger charge is 1.98. The van der Waals surface area contributed by atoms with Crippen molar-refractivity contribution in [1.82, 2.24) is 0 Å². The summed E-state index contributed by atoms with van der Waals surface area (Å²) in [4.78, 5) is 0. The molecule has 0 heterocycles. The van der Waals surface area contributed by atoms with Crippen molar-refractivity contribution >= 4 is 5.71 Å². The minimum absolute atomic E-state index is 0.551. The summed E-state index contributed by atoms with van der Waals surface area (Å²) >= 11 is 0. The minimum Gasteiger partial charge on any atom is -0.489 e. The number of hydrogen-bond acceptors (Lipinski definition) is 3. The summed E-state index contributed by atoms with van der Waals surface area (Å²) in [7, 11) is 0. The van der Waals surface area contributed by atoms with Gasteiger partial charge in [0.15, 0.2) is 0 Å². The van der Waals surface area contributed by atoms with E-state index in [1.807, 2.05) is 38.1 Å². The van der Waals surface area contributed by atoms with Crippen molar-refractivity contribution in [1.29, 1.82) is 0 Å². The predicted molar refractivity (Wildman–Crippen MR) is 70.0 cm³/mol. The van der Waals surface area contributed by atoms with Gasteiger partial charge in [-0.1, -0.05) is 23.9 Å². The maximum absolute atomic E-state index is 8.54. The second-order valence-corrected chi connectivity index (χ2v) is 4.23. The first-order chi connectivity index (χ1) is 8.11. The van der Waals surface area contributed by atoms with Crippen LogP contribution >= 0.6 is 0 Å². The van der Waals surface area contributed by atoms with Gasteiger partial charge in [-0.2, -0.15) is 0 Å². The SMILES string of the molecule is C=C(C)COc1ccc(CC/C(C)=N/O)cc1. The topological polar surface area (TPSA) is 41.8 Å². The van der Waals surface area contributed by atoms with Crippen molar-refractivity contribution in [2.24, 2.45) is 5.16 Å². The first-order valence-electron chi connectivity index (χ1n) is 5.65. The lowest BCUT2D eigenvalue weighted by atomic mass is 10.1. The van der Waals surface area contributed by atoms with Crippen LogP contribution in [-0.2, 0) is 6.42 Å². The van der Waals surface area contributed by atoms with Crippen LogP contribution in [0.4, 0.5) is 0 Å². The van der Waals surface area contributed by atoms with Crippen LogP contribution in [0.3, 0.4) is 0 Å². The second-order valence-electron chi connectivity index (χ2n) is 4.23. The van der Waals surface area contributed by atoms with Gasteiger partial charge in [0, 0.05) is 0 Å². The van der Waals surface area contributed by atoms with Gasteiger partial charge in [0.25, 0.3) is 0 Å². The fourth-order valence-electron chi connectivity index (χ4n) is 1.33. The summed E-state index contributed by atoms with van der Waals surface area (Å²) in [5, 5.41) is 11.7. The third-order valence-electron chi connectivity index (χ3n) is 2.35. The Balaban J connectivity index is 2.47. The number of nitrogens with zero attached hydrogens (tertiary/aromatic N) is 1. The quantitative estimate of drug-likeness (QED) is 0.354. The average molecular weight is 233 g/mol. The van der Waals surface area contributed by atoms with Gasteiger partial charge in [-0.25, -0.2) is 0 Å². The largest absolute Gasteiger partial charge is 0.489 e. The van der Waals surface area contributed by atoms with E-state index in [-0.39, 0.29) is 0 Å². The molecule has 0 fully saturated rings. The highest BCUT2D eigenvalue weighted by atomic mass is 16.5. The number of oxime groups is 1. The van der Waals surface area contributed by atoms with Crippen LogP contribution in [0.25, 0.3) is 0 Å². The summed E-state index contributed by atoms with van der Waals surface area (Å²) < 4.78 is 5.51. The molecule has 0 amide bonds. The summed E-state index contributed by atoms with van der Waals surface area (Å²) in [5.41, 5.74) is 2.95. The van der Waals surface area contributed by atoms with Gasteiger partial charge in [-0.3, -0.25) is 0 Å². The molecule has 0 saturated carbocycles. The van der Waals surface area contributed by atoms with Crippen molar-refractivity contribution in [2.45, 2.75) is 26.7 Å². The van der Waals surface area contributed by atoms with E-state index in [0.717, 1.165) is 29.9 Å². The van der Waals surface area contributed by atoms with Gasteiger partial charge in [0.2, 0.25) is 0 Å². The van der Waals surface area contributed by atoms with Gasteiger partial charge in [0.1, 0.15) is 12.4 Å². The van der Waals surface area contributed by atoms with E-state index in [4.69, 9.17) is 9.94 Å². The summed E-state index contributed by atoms with van der Waals surface area (Å²) in [6.45, 7) is 8.08. The molecule has 0 bridgehead atoms. The molecule has 0 aromatic heterocycles. The van der Waals surface area contributed by atoms with Gasteiger partial charge in [-0.05, 0) is 50.0 Å². The summed E-state index contributed by atoms with van der Waals surface area (Å²) in [6, 6.07) is 7.95. The fraction of sp³-hybridized carbons (Fsp3) is 0.357. The van der Waals surface area contributed by atoms with Crippen molar-refractivity contribution in [3.63, 3.8) is 0 Å². The Morgan fingerprint density at radius 1 is 1.29 bits per heavy atom. The molecule has 1 rings (SSSR count). The fourth-order valence-corrected chi connectivity index (χ4v) is 1.33. The number of aryl methyl sites for hydroxylation is 1. The van der Waals surface area contributed by atoms with Crippen LogP contribution in [-0.4, -0.2) is 17.5 Å². The van der Waals surface area contributed by atoms with E-state index in [2.05, 4.69) is 11.7 Å². The smallest absolute Gasteiger partial charge is 0.119 e. The Kier molecular flexibility index (Phi) is 5.27. The maximum atomic E-state index is 8.54. The highest BCUT2D eigenvalue weighted by Crippen LogP contribution is 2.14. The van der Waals surface area contributed by atoms with E-state index in [1.165, 1.54) is 5.56 Å². The lowest BCUT2D eigenvalue weighted by molar-refractivity contribution is 0.317. The van der Waals surface area contributed by atoms with E-state index < -0.39 is 0 Å². The Hall–Kier alpha value is -1.77. The Bertz CT molecular complexity index is 393. The van der Waals surface area contributed by atoms with Crippen LogP contribution in [0.2, 0.25) is 0 Å². The molecule has 0 aliphatic carbocycles. The zero-order valence-corrected chi connectivity index (χ0v) is 10.4. The molecule has 0 unspecified atom stereocenters. The lowest BCUT2D eigenvalue weighted by Crippen LogP contribution is -1.98. The van der Waals surface area contributed by atoms with E-state index in [1.54, 1.807) is 0 Å². The normalized spacial score (nSPS) is 11.3. The standard InChI is InChI=1S/C14H19NO2/c1-11(2)10-17-14-8-6-13(7-9-14)5-4-12(3)15-16/h6-9,16H,1,4-5,10H2,2-3H3/b15-12+. The summed E-state index contributed by atoms with van der Waals surface area (Å²) in [6.07, 6.45) is 1.64. The Morgan fingerprint density at radius 3 is 2.47 bits per heavy atom. The van der Waals surface area contributed by atoms with Gasteiger partial charge in [-0.15, -0.1) is 0 Å². The molecular weight excluding hydrogens is 214 g/mol. The average Bonchev–Trinajstić information content (AvgIpc) is 2.34. The first-order valence-corrected chi connectivity index (χ1v) is 5.65. The monoisotopic (exact) mass is 233 g/mol. The van der Waals surface area contributed by atoms with Gasteiger partial charge < -0.3 is 9.94 Å². The molecule has 3 heteroatoms. The second kappa shape index (κ2) is 6.74. The molecule has 17 heavy (non-hydrogen) atoms. The third kappa shape index (κ3) is 5.20. The number of rotatable bonds is 6. The number of ether oxygens (including phenoxy) is 1. The first kappa shape index (κ1) is 13.3. The molecule has 0 aliphatic rings. The molecule has 0 aliphatic heterocycles. The van der Waals surface area contributed by atoms with Crippen LogP contribution < -0.4 is 4.74 Å². The Labute approximate surface area is 102 Å². The molecular formula is C14H19NO2. The zero-order chi connectivity index (χ0) is 12.7. The molecule has 92 valence electrons. The highest BCUT2D eigenvalue weighted by molar-refractivity contribution is 5.81. The van der Waals surface area contributed by atoms with Gasteiger partial charge in [0.05, 0.1) is 5.71 Å². The molecule has 1 N–H and O–H groups in total. The number of benzene rings is 1. The van der Waals surface area contributed by atoms with Crippen molar-refractivity contribution in [3.05, 3.63) is 42.0 Å². The molecule has 1 aromatic carbocycles. The van der Waals surface area contributed by atoms with Crippen LogP contribution in [0.15, 0.2) is 41.6 Å². The third-order valence-corrected chi connectivity index (χ3v) is 2.35. The Morgan fingerprint density at radius 2 is 1.94 bits per heavy atom. The molecule has 0 saturated heterocycles. The molecule has 1 aromatic rings. The molecule has 0 radical (unpaired) electrons. The predicted octanol–water partition coefficient (Wildman–Crippen LogP) is 3.42. The van der Waals surface area contributed by atoms with Crippen molar-refractivity contribution in [2.75, 3.05) is 6.61 Å². The minimum atomic E-state index is 0.551. The van der Waals surface area contributed by atoms with Crippen LogP contribution in [0, 0.1) is 0 Å². The maximum Gasteiger partial charge on any atom is 0.119 e. The molecule has 0 atom stereocenters. The van der Waals surface area contributed by atoms with Crippen molar-refractivity contribution in [3.8, 4) is 5.75 Å². The van der Waals surface area contributed by atoms with Crippen LogP contribution in [0.1, 0.15) is 25.8 Å². The van der Waals surface area contributed by atoms with E-state index >= 15 is 0 Å². The van der Waals surface area contributed by atoms with Gasteiger partial charge >= 0.3 is 0 Å². The van der Waals surface area contributed by atoms with E-state index in [9.17, 15) is 0 Å². The van der Waals surface area contributed by atoms with E-state index in [0.29, 0.717) is 6.61 Å².